The zero-order chi connectivity index (χ0) is 14.9. The molecule has 1 aliphatic heterocycles. The molecule has 112 valence electrons. The van der Waals surface area contributed by atoms with Crippen LogP contribution in [0.2, 0.25) is 0 Å². The average molecular weight is 304 g/mol. The van der Waals surface area contributed by atoms with Gasteiger partial charge in [-0.3, -0.25) is 0 Å². The molecular formula is C13H18F2N2O2S. The predicted octanol–water partition coefficient (Wildman–Crippen LogP) is 1.86. The van der Waals surface area contributed by atoms with Crippen molar-refractivity contribution < 1.29 is 17.2 Å². The summed E-state index contributed by atoms with van der Waals surface area (Å²) in [7, 11) is -4.61. The predicted molar refractivity (Wildman–Crippen MR) is 73.6 cm³/mol. The molecule has 1 aliphatic rings. The molecule has 0 aliphatic carbocycles. The SMILES string of the molecule is CC1CCN(c2ccccc2S(=O)(=O)C(F)F)C1CN. The molecule has 7 heteroatoms. The Hall–Kier alpha value is -1.21. The van der Waals surface area contributed by atoms with Gasteiger partial charge < -0.3 is 10.6 Å². The number of para-hydroxylation sites is 1. The molecule has 0 saturated carbocycles. The number of benzene rings is 1. The van der Waals surface area contributed by atoms with E-state index in [2.05, 4.69) is 0 Å². The summed E-state index contributed by atoms with van der Waals surface area (Å²) in [6.07, 6.45) is 0.866. The van der Waals surface area contributed by atoms with Gasteiger partial charge in [-0.05, 0) is 24.5 Å². The first-order chi connectivity index (χ1) is 9.39. The van der Waals surface area contributed by atoms with Crippen molar-refractivity contribution in [1.29, 1.82) is 0 Å². The fourth-order valence-corrected chi connectivity index (χ4v) is 3.63. The number of halogens is 2. The zero-order valence-electron chi connectivity index (χ0n) is 11.2. The largest absolute Gasteiger partial charge is 0.366 e. The lowest BCUT2D eigenvalue weighted by molar-refractivity contribution is 0.235. The highest BCUT2D eigenvalue weighted by molar-refractivity contribution is 7.91. The van der Waals surface area contributed by atoms with E-state index in [-0.39, 0.29) is 10.9 Å². The zero-order valence-corrected chi connectivity index (χ0v) is 12.0. The number of hydrogen-bond acceptors (Lipinski definition) is 4. The van der Waals surface area contributed by atoms with E-state index < -0.39 is 15.6 Å². The molecule has 0 aromatic heterocycles. The van der Waals surface area contributed by atoms with Crippen molar-refractivity contribution in [2.75, 3.05) is 18.0 Å². The maximum Gasteiger partial charge on any atom is 0.341 e. The smallest absolute Gasteiger partial charge is 0.341 e. The van der Waals surface area contributed by atoms with Gasteiger partial charge >= 0.3 is 5.76 Å². The second-order valence-electron chi connectivity index (χ2n) is 5.04. The first kappa shape index (κ1) is 15.2. The maximum absolute atomic E-state index is 12.8. The van der Waals surface area contributed by atoms with Crippen LogP contribution in [0.5, 0.6) is 0 Å². The van der Waals surface area contributed by atoms with Crippen LogP contribution in [0.15, 0.2) is 29.2 Å². The molecule has 2 atom stereocenters. The van der Waals surface area contributed by atoms with Crippen molar-refractivity contribution in [2.45, 2.75) is 30.0 Å². The van der Waals surface area contributed by atoms with Crippen LogP contribution in [-0.4, -0.2) is 33.3 Å². The summed E-state index contributed by atoms with van der Waals surface area (Å²) in [5.41, 5.74) is 6.06. The van der Waals surface area contributed by atoms with Crippen molar-refractivity contribution in [1.82, 2.24) is 0 Å². The molecule has 4 nitrogen and oxygen atoms in total. The lowest BCUT2D eigenvalue weighted by Gasteiger charge is -2.29. The van der Waals surface area contributed by atoms with E-state index in [9.17, 15) is 17.2 Å². The molecular weight excluding hydrogens is 286 g/mol. The van der Waals surface area contributed by atoms with Crippen molar-refractivity contribution >= 4 is 15.5 Å². The molecule has 1 aromatic rings. The van der Waals surface area contributed by atoms with E-state index in [1.54, 1.807) is 12.1 Å². The van der Waals surface area contributed by atoms with Crippen molar-refractivity contribution in [3.8, 4) is 0 Å². The summed E-state index contributed by atoms with van der Waals surface area (Å²) in [5.74, 6) is -3.11. The van der Waals surface area contributed by atoms with E-state index in [4.69, 9.17) is 5.73 Å². The molecule has 0 spiro atoms. The Morgan fingerprint density at radius 1 is 1.40 bits per heavy atom. The Morgan fingerprint density at radius 2 is 2.05 bits per heavy atom. The minimum atomic E-state index is -4.61. The summed E-state index contributed by atoms with van der Waals surface area (Å²) in [6.45, 7) is 3.02. The highest BCUT2D eigenvalue weighted by Gasteiger charge is 2.35. The lowest BCUT2D eigenvalue weighted by atomic mass is 10.0. The van der Waals surface area contributed by atoms with Crippen LogP contribution in [0.3, 0.4) is 0 Å². The topological polar surface area (TPSA) is 63.4 Å². The molecule has 20 heavy (non-hydrogen) atoms. The van der Waals surface area contributed by atoms with Crippen LogP contribution in [0.4, 0.5) is 14.5 Å². The Morgan fingerprint density at radius 3 is 2.65 bits per heavy atom. The maximum atomic E-state index is 12.8. The van der Waals surface area contributed by atoms with E-state index in [0.717, 1.165) is 6.42 Å². The summed E-state index contributed by atoms with van der Waals surface area (Å²) in [6, 6.07) is 5.87. The molecule has 1 aromatic carbocycles. The van der Waals surface area contributed by atoms with Gasteiger partial charge in [0.15, 0.2) is 0 Å². The van der Waals surface area contributed by atoms with Gasteiger partial charge in [0.1, 0.15) is 0 Å². The lowest BCUT2D eigenvalue weighted by Crippen LogP contribution is -2.39. The van der Waals surface area contributed by atoms with Crippen LogP contribution >= 0.6 is 0 Å². The average Bonchev–Trinajstić information content (AvgIpc) is 2.79. The van der Waals surface area contributed by atoms with Gasteiger partial charge in [-0.1, -0.05) is 19.1 Å². The van der Waals surface area contributed by atoms with E-state index in [0.29, 0.717) is 24.7 Å². The Labute approximate surface area is 117 Å². The van der Waals surface area contributed by atoms with Crippen LogP contribution in [0.1, 0.15) is 13.3 Å². The van der Waals surface area contributed by atoms with E-state index >= 15 is 0 Å². The van der Waals surface area contributed by atoms with Gasteiger partial charge in [0.2, 0.25) is 9.84 Å². The molecule has 2 unspecified atom stereocenters. The van der Waals surface area contributed by atoms with Crippen LogP contribution in [0, 0.1) is 5.92 Å². The molecule has 0 bridgehead atoms. The molecule has 0 amide bonds. The summed E-state index contributed by atoms with van der Waals surface area (Å²) in [4.78, 5) is 1.52. The van der Waals surface area contributed by atoms with Gasteiger partial charge in [-0.2, -0.15) is 8.78 Å². The fourth-order valence-electron chi connectivity index (χ4n) is 2.70. The van der Waals surface area contributed by atoms with E-state index in [1.807, 2.05) is 11.8 Å². The standard InChI is InChI=1S/C13H18F2N2O2S/c1-9-6-7-17(11(9)8-16)10-4-2-3-5-12(10)20(18,19)13(14)15/h2-5,9,11,13H,6-8,16H2,1H3. The van der Waals surface area contributed by atoms with Gasteiger partial charge in [0.25, 0.3) is 0 Å². The molecule has 1 fully saturated rings. The first-order valence-corrected chi connectivity index (χ1v) is 8.02. The van der Waals surface area contributed by atoms with Crippen LogP contribution < -0.4 is 10.6 Å². The number of hydrogen-bond donors (Lipinski definition) is 1. The molecule has 2 N–H and O–H groups in total. The number of alkyl halides is 2. The highest BCUT2D eigenvalue weighted by atomic mass is 32.2. The van der Waals surface area contributed by atoms with Crippen LogP contribution in [-0.2, 0) is 9.84 Å². The third kappa shape index (κ3) is 2.52. The number of sulfone groups is 1. The second-order valence-corrected chi connectivity index (χ2v) is 6.92. The fraction of sp³-hybridized carbons (Fsp3) is 0.538. The number of nitrogens with two attached hydrogens (primary N) is 1. The Bertz CT molecular complexity index is 577. The molecule has 1 heterocycles. The first-order valence-electron chi connectivity index (χ1n) is 6.47. The van der Waals surface area contributed by atoms with Crippen molar-refractivity contribution in [3.63, 3.8) is 0 Å². The second kappa shape index (κ2) is 5.65. The van der Waals surface area contributed by atoms with Crippen molar-refractivity contribution in [2.24, 2.45) is 11.7 Å². The summed E-state index contributed by atoms with van der Waals surface area (Å²) < 4.78 is 49.1. The number of nitrogens with zero attached hydrogens (tertiary/aromatic N) is 1. The van der Waals surface area contributed by atoms with Gasteiger partial charge in [-0.25, -0.2) is 8.42 Å². The van der Waals surface area contributed by atoms with E-state index in [1.165, 1.54) is 12.1 Å². The Balaban J connectivity index is 2.49. The monoisotopic (exact) mass is 304 g/mol. The van der Waals surface area contributed by atoms with Gasteiger partial charge in [0, 0.05) is 19.1 Å². The number of anilines is 1. The third-order valence-corrected chi connectivity index (χ3v) is 5.27. The number of rotatable bonds is 4. The molecule has 2 rings (SSSR count). The van der Waals surface area contributed by atoms with Gasteiger partial charge in [-0.15, -0.1) is 0 Å². The van der Waals surface area contributed by atoms with Crippen LogP contribution in [0.25, 0.3) is 0 Å². The van der Waals surface area contributed by atoms with Crippen molar-refractivity contribution in [3.05, 3.63) is 24.3 Å². The Kier molecular flexibility index (Phi) is 4.29. The van der Waals surface area contributed by atoms with Gasteiger partial charge in [0.05, 0.1) is 10.6 Å². The summed E-state index contributed by atoms with van der Waals surface area (Å²) in [5, 5.41) is 0. The summed E-state index contributed by atoms with van der Waals surface area (Å²) >= 11 is 0. The minimum absolute atomic E-state index is 0.0241. The minimum Gasteiger partial charge on any atom is -0.366 e. The quantitative estimate of drug-likeness (QED) is 0.922. The molecule has 1 saturated heterocycles. The third-order valence-electron chi connectivity index (χ3n) is 3.84. The molecule has 0 radical (unpaired) electrons. The normalized spacial score (nSPS) is 23.6. The highest BCUT2D eigenvalue weighted by Crippen LogP contribution is 2.35.